The first-order valence-corrected chi connectivity index (χ1v) is 7.83. The van der Waals surface area contributed by atoms with E-state index in [0.29, 0.717) is 0 Å². The summed E-state index contributed by atoms with van der Waals surface area (Å²) in [5, 5.41) is 17.6. The Morgan fingerprint density at radius 2 is 2.10 bits per heavy atom. The van der Waals surface area contributed by atoms with Crippen LogP contribution in [0.25, 0.3) is 0 Å². The fourth-order valence-corrected chi connectivity index (χ4v) is 3.60. The molecule has 0 saturated carbocycles. The van der Waals surface area contributed by atoms with Crippen molar-refractivity contribution in [3.05, 3.63) is 57.8 Å². The number of tetrazole rings is 1. The Bertz CT molecular complexity index is 732. The fraction of sp³-hybridized carbons (Fsp3) is 0.267. The molecule has 0 fully saturated rings. The summed E-state index contributed by atoms with van der Waals surface area (Å²) in [7, 11) is 0. The third-order valence-corrected chi connectivity index (χ3v) is 4.88. The first kappa shape index (κ1) is 12.5. The van der Waals surface area contributed by atoms with Crippen LogP contribution in [0.5, 0.6) is 0 Å². The SMILES string of the molecule is Cc1ccc(C2CC(c3cccs3)n3nnnc3N2)cc1. The molecule has 6 heteroatoms. The predicted octanol–water partition coefficient (Wildman–Crippen LogP) is 3.19. The minimum Gasteiger partial charge on any atom is -0.346 e. The number of aromatic nitrogens is 4. The monoisotopic (exact) mass is 297 g/mol. The molecule has 2 atom stereocenters. The number of hydrogen-bond acceptors (Lipinski definition) is 5. The van der Waals surface area contributed by atoms with Gasteiger partial charge in [-0.1, -0.05) is 41.0 Å². The molecule has 1 N–H and O–H groups in total. The third kappa shape index (κ3) is 2.21. The van der Waals surface area contributed by atoms with Crippen molar-refractivity contribution in [1.82, 2.24) is 20.2 Å². The molecule has 0 bridgehead atoms. The van der Waals surface area contributed by atoms with E-state index in [1.54, 1.807) is 11.3 Å². The quantitative estimate of drug-likeness (QED) is 0.789. The van der Waals surface area contributed by atoms with E-state index in [0.717, 1.165) is 12.4 Å². The van der Waals surface area contributed by atoms with Gasteiger partial charge in [0.2, 0.25) is 5.95 Å². The van der Waals surface area contributed by atoms with Gasteiger partial charge in [-0.3, -0.25) is 0 Å². The summed E-state index contributed by atoms with van der Waals surface area (Å²) >= 11 is 1.75. The molecule has 5 nitrogen and oxygen atoms in total. The number of nitrogens with zero attached hydrogens (tertiary/aromatic N) is 4. The summed E-state index contributed by atoms with van der Waals surface area (Å²) < 4.78 is 1.89. The van der Waals surface area contributed by atoms with Gasteiger partial charge in [-0.15, -0.1) is 11.3 Å². The molecular formula is C15H15N5S. The lowest BCUT2D eigenvalue weighted by molar-refractivity contribution is 0.429. The van der Waals surface area contributed by atoms with Crippen molar-refractivity contribution in [1.29, 1.82) is 0 Å². The van der Waals surface area contributed by atoms with Crippen LogP contribution in [0.1, 0.15) is 34.5 Å². The summed E-state index contributed by atoms with van der Waals surface area (Å²) in [6.07, 6.45) is 0.946. The van der Waals surface area contributed by atoms with Crippen LogP contribution in [0.15, 0.2) is 41.8 Å². The molecule has 0 spiro atoms. The molecule has 3 aromatic rings. The van der Waals surface area contributed by atoms with Gasteiger partial charge in [-0.2, -0.15) is 0 Å². The molecule has 0 amide bonds. The van der Waals surface area contributed by atoms with Crippen molar-refractivity contribution in [2.75, 3.05) is 5.32 Å². The number of fused-ring (bicyclic) bond motifs is 1. The van der Waals surface area contributed by atoms with E-state index in [2.05, 4.69) is 69.5 Å². The number of hydrogen-bond donors (Lipinski definition) is 1. The van der Waals surface area contributed by atoms with Crippen LogP contribution >= 0.6 is 11.3 Å². The predicted molar refractivity (Wildman–Crippen MR) is 82.4 cm³/mol. The molecule has 4 rings (SSSR count). The molecule has 21 heavy (non-hydrogen) atoms. The van der Waals surface area contributed by atoms with E-state index in [1.807, 2.05) is 4.68 Å². The summed E-state index contributed by atoms with van der Waals surface area (Å²) in [6.45, 7) is 2.10. The van der Waals surface area contributed by atoms with Crippen LogP contribution < -0.4 is 5.32 Å². The van der Waals surface area contributed by atoms with Gasteiger partial charge in [0.25, 0.3) is 0 Å². The molecule has 0 radical (unpaired) electrons. The first-order chi connectivity index (χ1) is 10.3. The van der Waals surface area contributed by atoms with Gasteiger partial charge >= 0.3 is 0 Å². The maximum Gasteiger partial charge on any atom is 0.244 e. The van der Waals surface area contributed by atoms with Crippen LogP contribution in [0.3, 0.4) is 0 Å². The van der Waals surface area contributed by atoms with Crippen molar-refractivity contribution < 1.29 is 0 Å². The largest absolute Gasteiger partial charge is 0.346 e. The highest BCUT2D eigenvalue weighted by molar-refractivity contribution is 7.10. The highest BCUT2D eigenvalue weighted by Gasteiger charge is 2.30. The number of nitrogens with one attached hydrogen (secondary N) is 1. The van der Waals surface area contributed by atoms with Crippen LogP contribution in [-0.4, -0.2) is 20.2 Å². The van der Waals surface area contributed by atoms with E-state index in [1.165, 1.54) is 16.0 Å². The molecule has 1 aliphatic heterocycles. The van der Waals surface area contributed by atoms with E-state index in [9.17, 15) is 0 Å². The molecule has 2 unspecified atom stereocenters. The maximum absolute atomic E-state index is 4.14. The second kappa shape index (κ2) is 4.96. The van der Waals surface area contributed by atoms with Gasteiger partial charge in [-0.25, -0.2) is 4.68 Å². The van der Waals surface area contributed by atoms with Crippen molar-refractivity contribution in [2.24, 2.45) is 0 Å². The van der Waals surface area contributed by atoms with Gasteiger partial charge in [0, 0.05) is 4.88 Å². The Morgan fingerprint density at radius 1 is 1.24 bits per heavy atom. The molecule has 0 saturated heterocycles. The van der Waals surface area contributed by atoms with Crippen molar-refractivity contribution in [3.8, 4) is 0 Å². The summed E-state index contributed by atoms with van der Waals surface area (Å²) in [6, 6.07) is 13.3. The van der Waals surface area contributed by atoms with Crippen LogP contribution in [-0.2, 0) is 0 Å². The number of benzene rings is 1. The van der Waals surface area contributed by atoms with Crippen LogP contribution in [0.2, 0.25) is 0 Å². The molecule has 2 aromatic heterocycles. The lowest BCUT2D eigenvalue weighted by Crippen LogP contribution is -2.27. The summed E-state index contributed by atoms with van der Waals surface area (Å²) in [5.74, 6) is 0.741. The lowest BCUT2D eigenvalue weighted by Gasteiger charge is -2.30. The Labute approximate surface area is 126 Å². The first-order valence-electron chi connectivity index (χ1n) is 6.95. The molecule has 3 heterocycles. The maximum atomic E-state index is 4.14. The van der Waals surface area contributed by atoms with Crippen molar-refractivity contribution in [3.63, 3.8) is 0 Å². The normalized spacial score (nSPS) is 20.8. The van der Waals surface area contributed by atoms with E-state index in [4.69, 9.17) is 0 Å². The van der Waals surface area contributed by atoms with Crippen LogP contribution in [0, 0.1) is 6.92 Å². The molecule has 1 aliphatic rings. The highest BCUT2D eigenvalue weighted by atomic mass is 32.1. The zero-order valence-electron chi connectivity index (χ0n) is 11.6. The van der Waals surface area contributed by atoms with E-state index in [-0.39, 0.29) is 12.1 Å². The Kier molecular flexibility index (Phi) is 2.96. The second-order valence-corrected chi connectivity index (χ2v) is 6.30. The summed E-state index contributed by atoms with van der Waals surface area (Å²) in [4.78, 5) is 1.29. The Morgan fingerprint density at radius 3 is 2.86 bits per heavy atom. The lowest BCUT2D eigenvalue weighted by atomic mass is 9.96. The molecule has 106 valence electrons. The number of anilines is 1. The number of aryl methyl sites for hydroxylation is 1. The Hall–Kier alpha value is -2.21. The standard InChI is InChI=1S/C15H15N5S/c1-10-4-6-11(7-5-10)12-9-13(14-3-2-8-21-14)20-15(16-12)17-18-19-20/h2-8,12-13H,9H2,1H3,(H,16,17,19). The van der Waals surface area contributed by atoms with E-state index < -0.39 is 0 Å². The van der Waals surface area contributed by atoms with E-state index >= 15 is 0 Å². The highest BCUT2D eigenvalue weighted by Crippen LogP contribution is 2.38. The second-order valence-electron chi connectivity index (χ2n) is 5.32. The van der Waals surface area contributed by atoms with Gasteiger partial charge in [0.1, 0.15) is 0 Å². The zero-order chi connectivity index (χ0) is 14.2. The average Bonchev–Trinajstić information content (AvgIpc) is 3.18. The summed E-state index contributed by atoms with van der Waals surface area (Å²) in [5.41, 5.74) is 2.55. The van der Waals surface area contributed by atoms with Gasteiger partial charge in [0.05, 0.1) is 12.1 Å². The van der Waals surface area contributed by atoms with Crippen molar-refractivity contribution in [2.45, 2.75) is 25.4 Å². The average molecular weight is 297 g/mol. The molecule has 0 aliphatic carbocycles. The fourth-order valence-electron chi connectivity index (χ4n) is 2.77. The topological polar surface area (TPSA) is 55.6 Å². The smallest absolute Gasteiger partial charge is 0.244 e. The van der Waals surface area contributed by atoms with Gasteiger partial charge in [-0.05, 0) is 40.8 Å². The molecule has 1 aromatic carbocycles. The Balaban J connectivity index is 1.72. The third-order valence-electron chi connectivity index (χ3n) is 3.90. The number of thiophene rings is 1. The zero-order valence-corrected chi connectivity index (χ0v) is 12.4. The van der Waals surface area contributed by atoms with Crippen LogP contribution in [0.4, 0.5) is 5.95 Å². The number of rotatable bonds is 2. The minimum atomic E-state index is 0.197. The molecular weight excluding hydrogens is 282 g/mol. The van der Waals surface area contributed by atoms with Gasteiger partial charge < -0.3 is 5.32 Å². The van der Waals surface area contributed by atoms with Crippen molar-refractivity contribution >= 4 is 17.3 Å². The van der Waals surface area contributed by atoms with Gasteiger partial charge in [0.15, 0.2) is 0 Å². The minimum absolute atomic E-state index is 0.197.